The van der Waals surface area contributed by atoms with Crippen LogP contribution in [0.2, 0.25) is 0 Å². The molecule has 1 aromatic carbocycles. The standard InChI is InChI=1S/C11H14FN3/c1-7(6-13)10-8-4-3-5-9(12)11(8)15(2)14-10/h3-5,7H,6,13H2,1-2H3. The highest BCUT2D eigenvalue weighted by atomic mass is 19.1. The molecule has 0 aliphatic rings. The second-order valence-corrected chi connectivity index (χ2v) is 3.78. The summed E-state index contributed by atoms with van der Waals surface area (Å²) < 4.78 is 15.1. The van der Waals surface area contributed by atoms with E-state index in [9.17, 15) is 4.39 Å². The van der Waals surface area contributed by atoms with Crippen LogP contribution in [0.4, 0.5) is 4.39 Å². The predicted octanol–water partition coefficient (Wildman–Crippen LogP) is 1.77. The van der Waals surface area contributed by atoms with Crippen molar-refractivity contribution in [2.75, 3.05) is 6.54 Å². The van der Waals surface area contributed by atoms with Crippen LogP contribution in [0, 0.1) is 5.82 Å². The topological polar surface area (TPSA) is 43.8 Å². The minimum absolute atomic E-state index is 0.149. The van der Waals surface area contributed by atoms with Crippen molar-refractivity contribution in [2.24, 2.45) is 12.8 Å². The summed E-state index contributed by atoms with van der Waals surface area (Å²) >= 11 is 0. The molecule has 0 amide bonds. The molecule has 2 aromatic rings. The van der Waals surface area contributed by atoms with E-state index in [1.807, 2.05) is 13.0 Å². The lowest BCUT2D eigenvalue weighted by atomic mass is 10.0. The predicted molar refractivity (Wildman–Crippen MR) is 58.1 cm³/mol. The highest BCUT2D eigenvalue weighted by molar-refractivity contribution is 5.83. The van der Waals surface area contributed by atoms with Gasteiger partial charge in [-0.15, -0.1) is 0 Å². The normalized spacial score (nSPS) is 13.3. The molecule has 0 radical (unpaired) electrons. The third kappa shape index (κ3) is 1.51. The number of aromatic nitrogens is 2. The zero-order chi connectivity index (χ0) is 11.0. The number of rotatable bonds is 2. The first kappa shape index (κ1) is 10.1. The van der Waals surface area contributed by atoms with Gasteiger partial charge in [0.25, 0.3) is 0 Å². The van der Waals surface area contributed by atoms with Gasteiger partial charge in [-0.25, -0.2) is 4.39 Å². The first-order chi connectivity index (χ1) is 7.15. The van der Waals surface area contributed by atoms with Crippen LogP contribution in [0.1, 0.15) is 18.5 Å². The van der Waals surface area contributed by atoms with E-state index in [1.54, 1.807) is 17.8 Å². The smallest absolute Gasteiger partial charge is 0.149 e. The molecule has 0 aliphatic heterocycles. The van der Waals surface area contributed by atoms with Crippen LogP contribution in [-0.4, -0.2) is 16.3 Å². The van der Waals surface area contributed by atoms with Crippen molar-refractivity contribution in [3.05, 3.63) is 29.7 Å². The minimum Gasteiger partial charge on any atom is -0.330 e. The second kappa shape index (κ2) is 3.62. The molecule has 4 heteroatoms. The fourth-order valence-corrected chi connectivity index (χ4v) is 1.79. The molecule has 2 rings (SSSR count). The van der Waals surface area contributed by atoms with Crippen molar-refractivity contribution in [1.29, 1.82) is 0 Å². The number of hydrogen-bond donors (Lipinski definition) is 1. The molecule has 3 nitrogen and oxygen atoms in total. The number of nitrogens with zero attached hydrogens (tertiary/aromatic N) is 2. The highest BCUT2D eigenvalue weighted by Crippen LogP contribution is 2.25. The SMILES string of the molecule is CC(CN)c1nn(C)c2c(F)cccc12. The van der Waals surface area contributed by atoms with Gasteiger partial charge in [-0.3, -0.25) is 4.68 Å². The molecular weight excluding hydrogens is 193 g/mol. The van der Waals surface area contributed by atoms with Crippen molar-refractivity contribution >= 4 is 10.9 Å². The number of aryl methyl sites for hydroxylation is 1. The lowest BCUT2D eigenvalue weighted by Gasteiger charge is -2.03. The quantitative estimate of drug-likeness (QED) is 0.815. The summed E-state index contributed by atoms with van der Waals surface area (Å²) in [7, 11) is 1.75. The minimum atomic E-state index is -0.238. The summed E-state index contributed by atoms with van der Waals surface area (Å²) in [6.45, 7) is 2.51. The van der Waals surface area contributed by atoms with E-state index in [0.29, 0.717) is 12.1 Å². The molecule has 0 aliphatic carbocycles. The molecule has 2 N–H and O–H groups in total. The van der Waals surface area contributed by atoms with E-state index < -0.39 is 0 Å². The first-order valence-corrected chi connectivity index (χ1v) is 4.96. The van der Waals surface area contributed by atoms with E-state index in [0.717, 1.165) is 11.1 Å². The Labute approximate surface area is 87.7 Å². The monoisotopic (exact) mass is 207 g/mol. The molecular formula is C11H14FN3. The summed E-state index contributed by atoms with van der Waals surface area (Å²) in [4.78, 5) is 0. The van der Waals surface area contributed by atoms with Gasteiger partial charge in [0, 0.05) is 24.9 Å². The Morgan fingerprint density at radius 1 is 1.53 bits per heavy atom. The van der Waals surface area contributed by atoms with Gasteiger partial charge < -0.3 is 5.73 Å². The molecule has 1 atom stereocenters. The van der Waals surface area contributed by atoms with Crippen LogP contribution >= 0.6 is 0 Å². The molecule has 0 bridgehead atoms. The molecule has 15 heavy (non-hydrogen) atoms. The molecule has 0 spiro atoms. The van der Waals surface area contributed by atoms with Crippen LogP contribution in [0.15, 0.2) is 18.2 Å². The molecule has 80 valence electrons. The van der Waals surface area contributed by atoms with Gasteiger partial charge in [0.2, 0.25) is 0 Å². The van der Waals surface area contributed by atoms with Gasteiger partial charge in [-0.05, 0) is 6.07 Å². The summed E-state index contributed by atoms with van der Waals surface area (Å²) in [5.74, 6) is -0.0894. The van der Waals surface area contributed by atoms with Crippen molar-refractivity contribution in [3.8, 4) is 0 Å². The van der Waals surface area contributed by atoms with Gasteiger partial charge in [-0.1, -0.05) is 19.1 Å². The average Bonchev–Trinajstić information content (AvgIpc) is 2.56. The van der Waals surface area contributed by atoms with Gasteiger partial charge >= 0.3 is 0 Å². The van der Waals surface area contributed by atoms with Crippen molar-refractivity contribution in [1.82, 2.24) is 9.78 Å². The maximum Gasteiger partial charge on any atom is 0.149 e. The van der Waals surface area contributed by atoms with Gasteiger partial charge in [0.05, 0.1) is 5.69 Å². The molecule has 0 saturated carbocycles. The van der Waals surface area contributed by atoms with Crippen molar-refractivity contribution < 1.29 is 4.39 Å². The third-order valence-electron chi connectivity index (χ3n) is 2.66. The number of para-hydroxylation sites is 1. The lowest BCUT2D eigenvalue weighted by Crippen LogP contribution is -2.09. The van der Waals surface area contributed by atoms with E-state index in [-0.39, 0.29) is 11.7 Å². The van der Waals surface area contributed by atoms with Crippen LogP contribution in [0.25, 0.3) is 10.9 Å². The van der Waals surface area contributed by atoms with E-state index in [1.165, 1.54) is 6.07 Å². The van der Waals surface area contributed by atoms with Crippen LogP contribution in [-0.2, 0) is 7.05 Å². The molecule has 1 unspecified atom stereocenters. The maximum absolute atomic E-state index is 13.5. The number of benzene rings is 1. The second-order valence-electron chi connectivity index (χ2n) is 3.78. The van der Waals surface area contributed by atoms with Gasteiger partial charge in [0.15, 0.2) is 0 Å². The third-order valence-corrected chi connectivity index (χ3v) is 2.66. The number of halogens is 1. The van der Waals surface area contributed by atoms with Crippen molar-refractivity contribution in [3.63, 3.8) is 0 Å². The Balaban J connectivity index is 2.73. The zero-order valence-corrected chi connectivity index (χ0v) is 8.87. The number of nitrogens with two attached hydrogens (primary N) is 1. The zero-order valence-electron chi connectivity index (χ0n) is 8.87. The van der Waals surface area contributed by atoms with Crippen LogP contribution in [0.3, 0.4) is 0 Å². The van der Waals surface area contributed by atoms with E-state index in [2.05, 4.69) is 5.10 Å². The van der Waals surface area contributed by atoms with Gasteiger partial charge in [-0.2, -0.15) is 5.10 Å². The Morgan fingerprint density at radius 3 is 2.93 bits per heavy atom. The molecule has 1 heterocycles. The summed E-state index contributed by atoms with van der Waals surface area (Å²) in [5, 5.41) is 5.17. The maximum atomic E-state index is 13.5. The summed E-state index contributed by atoms with van der Waals surface area (Å²) in [6, 6.07) is 5.03. The average molecular weight is 207 g/mol. The van der Waals surface area contributed by atoms with E-state index >= 15 is 0 Å². The van der Waals surface area contributed by atoms with Crippen molar-refractivity contribution in [2.45, 2.75) is 12.8 Å². The largest absolute Gasteiger partial charge is 0.330 e. The van der Waals surface area contributed by atoms with Crippen LogP contribution < -0.4 is 5.73 Å². The Hall–Kier alpha value is -1.42. The van der Waals surface area contributed by atoms with Crippen LogP contribution in [0.5, 0.6) is 0 Å². The molecule has 1 aromatic heterocycles. The Kier molecular flexibility index (Phi) is 2.44. The highest BCUT2D eigenvalue weighted by Gasteiger charge is 2.15. The number of hydrogen-bond acceptors (Lipinski definition) is 2. The molecule has 0 fully saturated rings. The fraction of sp³-hybridized carbons (Fsp3) is 0.364. The Bertz CT molecular complexity index is 490. The first-order valence-electron chi connectivity index (χ1n) is 4.96. The fourth-order valence-electron chi connectivity index (χ4n) is 1.79. The lowest BCUT2D eigenvalue weighted by molar-refractivity contribution is 0.623. The van der Waals surface area contributed by atoms with Gasteiger partial charge in [0.1, 0.15) is 11.3 Å². The summed E-state index contributed by atoms with van der Waals surface area (Å²) in [6.07, 6.45) is 0. The summed E-state index contributed by atoms with van der Waals surface area (Å²) in [5.41, 5.74) is 7.02. The van der Waals surface area contributed by atoms with E-state index in [4.69, 9.17) is 5.73 Å². The number of fused-ring (bicyclic) bond motifs is 1. The molecule has 0 saturated heterocycles. The Morgan fingerprint density at radius 2 is 2.27 bits per heavy atom.